The zero-order valence-corrected chi connectivity index (χ0v) is 11.4. The highest BCUT2D eigenvalue weighted by atomic mass is 16.3. The van der Waals surface area contributed by atoms with Gasteiger partial charge in [-0.2, -0.15) is 0 Å². The molecule has 1 aliphatic rings. The lowest BCUT2D eigenvalue weighted by atomic mass is 9.87. The summed E-state index contributed by atoms with van der Waals surface area (Å²) in [6.45, 7) is 3.34. The second kappa shape index (κ2) is 6.79. The van der Waals surface area contributed by atoms with Crippen molar-refractivity contribution in [1.29, 1.82) is 0 Å². The Morgan fingerprint density at radius 2 is 2.17 bits per heavy atom. The third-order valence-electron chi connectivity index (χ3n) is 3.86. The van der Waals surface area contributed by atoms with Crippen LogP contribution in [0.15, 0.2) is 18.2 Å². The molecule has 2 N–H and O–H groups in total. The molecule has 0 aromatic heterocycles. The van der Waals surface area contributed by atoms with Crippen LogP contribution < -0.4 is 5.32 Å². The van der Waals surface area contributed by atoms with Crippen molar-refractivity contribution in [3.63, 3.8) is 0 Å². The van der Waals surface area contributed by atoms with Crippen molar-refractivity contribution in [3.05, 3.63) is 29.3 Å². The van der Waals surface area contributed by atoms with Crippen molar-refractivity contribution in [2.75, 3.05) is 6.54 Å². The van der Waals surface area contributed by atoms with E-state index in [2.05, 4.69) is 18.3 Å². The van der Waals surface area contributed by atoms with Crippen LogP contribution in [0.2, 0.25) is 0 Å². The van der Waals surface area contributed by atoms with Crippen LogP contribution in [-0.2, 0) is 6.42 Å². The number of phenolic OH excluding ortho intramolecular Hbond substituents is 1. The molecule has 1 aliphatic carbocycles. The molecule has 2 rings (SSSR count). The summed E-state index contributed by atoms with van der Waals surface area (Å²) in [6, 6.07) is 6.28. The minimum absolute atomic E-state index is 0.397. The number of aryl methyl sites for hydroxylation is 1. The number of fused-ring (bicyclic) bond motifs is 1. The second-order valence-electron chi connectivity index (χ2n) is 5.34. The van der Waals surface area contributed by atoms with Gasteiger partial charge in [0, 0.05) is 6.04 Å². The van der Waals surface area contributed by atoms with Crippen LogP contribution >= 0.6 is 0 Å². The maximum atomic E-state index is 9.62. The molecule has 18 heavy (non-hydrogen) atoms. The molecule has 0 saturated carbocycles. The minimum atomic E-state index is 0.397. The molecular formula is C16H25NO. The zero-order chi connectivity index (χ0) is 12.8. The third-order valence-corrected chi connectivity index (χ3v) is 3.86. The first-order valence-electron chi connectivity index (χ1n) is 7.36. The van der Waals surface area contributed by atoms with E-state index in [9.17, 15) is 5.11 Å². The first kappa shape index (κ1) is 13.4. The van der Waals surface area contributed by atoms with Crippen molar-refractivity contribution in [2.24, 2.45) is 0 Å². The van der Waals surface area contributed by atoms with Gasteiger partial charge < -0.3 is 10.4 Å². The monoisotopic (exact) mass is 247 g/mol. The fourth-order valence-electron chi connectivity index (χ4n) is 2.83. The van der Waals surface area contributed by atoms with E-state index in [0.717, 1.165) is 13.0 Å². The van der Waals surface area contributed by atoms with Crippen molar-refractivity contribution < 1.29 is 5.11 Å². The number of phenols is 1. The van der Waals surface area contributed by atoms with E-state index >= 15 is 0 Å². The summed E-state index contributed by atoms with van der Waals surface area (Å²) in [5, 5.41) is 13.3. The van der Waals surface area contributed by atoms with Gasteiger partial charge in [0.2, 0.25) is 0 Å². The van der Waals surface area contributed by atoms with Crippen LogP contribution in [0.4, 0.5) is 0 Å². The molecule has 0 amide bonds. The maximum Gasteiger partial charge on any atom is 0.115 e. The van der Waals surface area contributed by atoms with E-state index in [4.69, 9.17) is 0 Å². The quantitative estimate of drug-likeness (QED) is 0.746. The first-order chi connectivity index (χ1) is 8.81. The van der Waals surface area contributed by atoms with Gasteiger partial charge in [-0.05, 0) is 55.5 Å². The van der Waals surface area contributed by atoms with E-state index in [1.54, 1.807) is 0 Å². The van der Waals surface area contributed by atoms with Gasteiger partial charge in [0.1, 0.15) is 5.75 Å². The van der Waals surface area contributed by atoms with Crippen molar-refractivity contribution in [3.8, 4) is 5.75 Å². The van der Waals surface area contributed by atoms with Crippen LogP contribution in [0, 0.1) is 0 Å². The number of nitrogens with one attached hydrogen (secondary N) is 1. The largest absolute Gasteiger partial charge is 0.508 e. The molecule has 0 spiro atoms. The SMILES string of the molecule is CCCCCCNC1CCCc2ccc(O)cc21. The van der Waals surface area contributed by atoms with Crippen LogP contribution in [0.1, 0.15) is 62.6 Å². The fraction of sp³-hybridized carbons (Fsp3) is 0.625. The molecule has 2 heteroatoms. The Morgan fingerprint density at radius 3 is 3.00 bits per heavy atom. The lowest BCUT2D eigenvalue weighted by Gasteiger charge is -2.26. The molecule has 1 aromatic carbocycles. The molecule has 0 bridgehead atoms. The van der Waals surface area contributed by atoms with Gasteiger partial charge in [0.25, 0.3) is 0 Å². The molecule has 0 heterocycles. The fourth-order valence-corrected chi connectivity index (χ4v) is 2.83. The molecule has 0 radical (unpaired) electrons. The molecule has 100 valence electrons. The Hall–Kier alpha value is -1.02. The number of hydrogen-bond acceptors (Lipinski definition) is 2. The van der Waals surface area contributed by atoms with Crippen LogP contribution in [0.25, 0.3) is 0 Å². The number of benzene rings is 1. The number of aromatic hydroxyl groups is 1. The summed E-state index contributed by atoms with van der Waals surface area (Å²) < 4.78 is 0. The highest BCUT2D eigenvalue weighted by molar-refractivity contribution is 5.38. The molecule has 0 aliphatic heterocycles. The minimum Gasteiger partial charge on any atom is -0.508 e. The number of unbranched alkanes of at least 4 members (excludes halogenated alkanes) is 3. The summed E-state index contributed by atoms with van der Waals surface area (Å²) in [5.74, 6) is 0.397. The number of hydrogen-bond donors (Lipinski definition) is 2. The van der Waals surface area contributed by atoms with Crippen LogP contribution in [0.5, 0.6) is 5.75 Å². The van der Waals surface area contributed by atoms with Crippen molar-refractivity contribution >= 4 is 0 Å². The summed E-state index contributed by atoms with van der Waals surface area (Å²) in [6.07, 6.45) is 8.82. The van der Waals surface area contributed by atoms with E-state index in [-0.39, 0.29) is 0 Å². The average Bonchev–Trinajstić information content (AvgIpc) is 2.39. The Morgan fingerprint density at radius 1 is 1.28 bits per heavy atom. The van der Waals surface area contributed by atoms with Crippen molar-refractivity contribution in [2.45, 2.75) is 57.9 Å². The average molecular weight is 247 g/mol. The van der Waals surface area contributed by atoms with Gasteiger partial charge in [-0.25, -0.2) is 0 Å². The molecular weight excluding hydrogens is 222 g/mol. The normalized spacial score (nSPS) is 18.6. The molecule has 0 fully saturated rings. The summed E-state index contributed by atoms with van der Waals surface area (Å²) in [5.41, 5.74) is 2.72. The Balaban J connectivity index is 1.89. The van der Waals surface area contributed by atoms with Gasteiger partial charge in [-0.3, -0.25) is 0 Å². The predicted octanol–water partition coefficient (Wildman–Crippen LogP) is 3.94. The van der Waals surface area contributed by atoms with E-state index in [1.807, 2.05) is 12.1 Å². The summed E-state index contributed by atoms with van der Waals surface area (Å²) in [4.78, 5) is 0. The third kappa shape index (κ3) is 3.49. The first-order valence-corrected chi connectivity index (χ1v) is 7.36. The van der Waals surface area contributed by atoms with Gasteiger partial charge in [-0.1, -0.05) is 32.3 Å². The summed E-state index contributed by atoms with van der Waals surface area (Å²) in [7, 11) is 0. The Labute approximate surface area is 110 Å². The molecule has 1 aromatic rings. The van der Waals surface area contributed by atoms with Crippen molar-refractivity contribution in [1.82, 2.24) is 5.32 Å². The van der Waals surface area contributed by atoms with Gasteiger partial charge in [0.05, 0.1) is 0 Å². The lowest BCUT2D eigenvalue weighted by Crippen LogP contribution is -2.26. The van der Waals surface area contributed by atoms with Gasteiger partial charge >= 0.3 is 0 Å². The molecule has 1 atom stereocenters. The van der Waals surface area contributed by atoms with Gasteiger partial charge in [0.15, 0.2) is 0 Å². The molecule has 1 unspecified atom stereocenters. The highest BCUT2D eigenvalue weighted by Crippen LogP contribution is 2.32. The predicted molar refractivity (Wildman–Crippen MR) is 75.9 cm³/mol. The van der Waals surface area contributed by atoms with E-state index < -0.39 is 0 Å². The zero-order valence-electron chi connectivity index (χ0n) is 11.4. The van der Waals surface area contributed by atoms with E-state index in [1.165, 1.54) is 49.7 Å². The summed E-state index contributed by atoms with van der Waals surface area (Å²) >= 11 is 0. The molecule has 0 saturated heterocycles. The van der Waals surface area contributed by atoms with Gasteiger partial charge in [-0.15, -0.1) is 0 Å². The second-order valence-corrected chi connectivity index (χ2v) is 5.34. The number of rotatable bonds is 6. The Bertz CT molecular complexity index is 375. The van der Waals surface area contributed by atoms with Crippen LogP contribution in [-0.4, -0.2) is 11.7 Å². The highest BCUT2D eigenvalue weighted by Gasteiger charge is 2.19. The molecule has 2 nitrogen and oxygen atoms in total. The van der Waals surface area contributed by atoms with Crippen LogP contribution in [0.3, 0.4) is 0 Å². The maximum absolute atomic E-state index is 9.62. The van der Waals surface area contributed by atoms with E-state index in [0.29, 0.717) is 11.8 Å². The lowest BCUT2D eigenvalue weighted by molar-refractivity contribution is 0.440. The smallest absolute Gasteiger partial charge is 0.115 e. The topological polar surface area (TPSA) is 32.3 Å². The standard InChI is InChI=1S/C16H25NO/c1-2-3-4-5-11-17-16-8-6-7-13-9-10-14(18)12-15(13)16/h9-10,12,16-18H,2-8,11H2,1H3. The Kier molecular flexibility index (Phi) is 5.06.